The third kappa shape index (κ3) is 7.38. The predicted octanol–water partition coefficient (Wildman–Crippen LogP) is -3.28. The van der Waals surface area contributed by atoms with Gasteiger partial charge in [-0.05, 0) is 6.92 Å². The lowest BCUT2D eigenvalue weighted by atomic mass is 10.1. The number of hydrogen-bond acceptors (Lipinski definition) is 8. The fourth-order valence-corrected chi connectivity index (χ4v) is 2.07. The topological polar surface area (TPSA) is 171 Å². The zero-order valence-corrected chi connectivity index (χ0v) is 14.7. The Bertz CT molecular complexity index is 476. The molecule has 3 amide bonds. The van der Waals surface area contributed by atoms with E-state index < -0.39 is 47.9 Å². The van der Waals surface area contributed by atoms with Crippen LogP contribution >= 0.6 is 25.3 Å². The molecule has 4 unspecified atom stereocenters. The van der Waals surface area contributed by atoms with Crippen LogP contribution in [0.2, 0.25) is 0 Å². The molecule has 24 heavy (non-hydrogen) atoms. The molecule has 0 aliphatic rings. The normalized spacial score (nSPS) is 15.5. The molecule has 138 valence electrons. The molecule has 0 heterocycles. The number of carboxylic acid groups (broad SMARTS) is 1. The molecule has 0 spiro atoms. The first-order chi connectivity index (χ1) is 11.2. The second kappa shape index (κ2) is 11.1. The highest BCUT2D eigenvalue weighted by atomic mass is 32.1. The zero-order valence-electron chi connectivity index (χ0n) is 12.9. The Morgan fingerprint density at radius 2 is 1.46 bits per heavy atom. The second-order valence-electron chi connectivity index (χ2n) is 4.82. The molecule has 0 fully saturated rings. The fraction of sp³-hybridized carbons (Fsp3) is 0.667. The van der Waals surface area contributed by atoms with Crippen LogP contribution in [0.3, 0.4) is 0 Å². The minimum absolute atomic E-state index is 0.0378. The number of carboxylic acids is 1. The molecule has 0 bridgehead atoms. The van der Waals surface area contributed by atoms with Gasteiger partial charge in [0.05, 0.1) is 12.6 Å². The van der Waals surface area contributed by atoms with Gasteiger partial charge in [-0.15, -0.1) is 0 Å². The van der Waals surface area contributed by atoms with E-state index in [0.29, 0.717) is 0 Å². The number of nitrogens with one attached hydrogen (secondary N) is 3. The Balaban J connectivity index is 4.88. The van der Waals surface area contributed by atoms with Gasteiger partial charge in [0.25, 0.3) is 0 Å². The third-order valence-corrected chi connectivity index (χ3v) is 3.61. The lowest BCUT2D eigenvalue weighted by molar-refractivity contribution is -0.145. The molecule has 0 saturated heterocycles. The van der Waals surface area contributed by atoms with Gasteiger partial charge in [-0.25, -0.2) is 4.79 Å². The number of aliphatic hydroxyl groups is 1. The van der Waals surface area contributed by atoms with E-state index in [2.05, 4.69) is 41.2 Å². The highest BCUT2D eigenvalue weighted by Gasteiger charge is 2.30. The van der Waals surface area contributed by atoms with E-state index in [0.717, 1.165) is 0 Å². The SMILES string of the molecule is CC(O)C(NC(=O)C(CS)NC(=O)C(CS)NC(=O)CN)C(=O)O. The summed E-state index contributed by atoms with van der Waals surface area (Å²) < 4.78 is 0. The summed E-state index contributed by atoms with van der Waals surface area (Å²) in [6.45, 7) is 0.884. The Morgan fingerprint density at radius 1 is 1.00 bits per heavy atom. The van der Waals surface area contributed by atoms with Crippen molar-refractivity contribution < 1.29 is 29.4 Å². The first kappa shape index (κ1) is 22.5. The van der Waals surface area contributed by atoms with Crippen LogP contribution in [0.1, 0.15) is 6.92 Å². The summed E-state index contributed by atoms with van der Waals surface area (Å²) in [4.78, 5) is 46.3. The van der Waals surface area contributed by atoms with Crippen LogP contribution in [0, 0.1) is 0 Å². The van der Waals surface area contributed by atoms with Gasteiger partial charge in [0, 0.05) is 11.5 Å². The first-order valence-electron chi connectivity index (χ1n) is 6.90. The van der Waals surface area contributed by atoms with Crippen LogP contribution in [0.5, 0.6) is 0 Å². The molecule has 0 aliphatic carbocycles. The number of hydrogen-bond donors (Lipinski definition) is 8. The highest BCUT2D eigenvalue weighted by Crippen LogP contribution is 1.98. The summed E-state index contributed by atoms with van der Waals surface area (Å²) in [5.74, 6) is -3.71. The maximum Gasteiger partial charge on any atom is 0.328 e. The van der Waals surface area contributed by atoms with Crippen LogP contribution in [-0.4, -0.2) is 76.2 Å². The number of carbonyl (C=O) groups is 4. The number of amides is 3. The van der Waals surface area contributed by atoms with Crippen molar-refractivity contribution in [2.75, 3.05) is 18.1 Å². The van der Waals surface area contributed by atoms with Gasteiger partial charge < -0.3 is 31.9 Å². The summed E-state index contributed by atoms with van der Waals surface area (Å²) in [5.41, 5.74) is 5.14. The van der Waals surface area contributed by atoms with E-state index in [1.807, 2.05) is 0 Å². The molecule has 0 radical (unpaired) electrons. The maximum atomic E-state index is 12.1. The molecule has 0 saturated carbocycles. The van der Waals surface area contributed by atoms with Gasteiger partial charge in [0.15, 0.2) is 6.04 Å². The third-order valence-electron chi connectivity index (χ3n) is 2.88. The van der Waals surface area contributed by atoms with Gasteiger partial charge >= 0.3 is 5.97 Å². The largest absolute Gasteiger partial charge is 0.480 e. The summed E-state index contributed by atoms with van der Waals surface area (Å²) >= 11 is 7.86. The molecule has 0 aliphatic heterocycles. The summed E-state index contributed by atoms with van der Waals surface area (Å²) in [7, 11) is 0. The van der Waals surface area contributed by atoms with Gasteiger partial charge in [-0.1, -0.05) is 0 Å². The van der Waals surface area contributed by atoms with E-state index in [1.54, 1.807) is 0 Å². The Morgan fingerprint density at radius 3 is 1.83 bits per heavy atom. The standard InChI is InChI=1S/C12H22N4O6S2/c1-5(17)9(12(21)22)16-11(20)7(4-24)15-10(19)6(3-23)14-8(18)2-13/h5-7,9,17,23-24H,2-4,13H2,1H3,(H,14,18)(H,15,19)(H,16,20)(H,21,22). The van der Waals surface area contributed by atoms with E-state index in [4.69, 9.17) is 10.8 Å². The predicted molar refractivity (Wildman–Crippen MR) is 91.9 cm³/mol. The Hall–Kier alpha value is -1.50. The Labute approximate surface area is 149 Å². The van der Waals surface area contributed by atoms with E-state index in [9.17, 15) is 24.3 Å². The number of aliphatic hydroxyl groups excluding tert-OH is 1. The molecule has 0 aromatic rings. The van der Waals surface area contributed by atoms with Crippen molar-refractivity contribution in [2.24, 2.45) is 5.73 Å². The van der Waals surface area contributed by atoms with Crippen LogP contribution in [0.4, 0.5) is 0 Å². The minimum Gasteiger partial charge on any atom is -0.480 e. The van der Waals surface area contributed by atoms with Crippen molar-refractivity contribution in [1.82, 2.24) is 16.0 Å². The lowest BCUT2D eigenvalue weighted by Gasteiger charge is -2.23. The number of rotatable bonds is 10. The van der Waals surface area contributed by atoms with Crippen LogP contribution in [0.15, 0.2) is 0 Å². The van der Waals surface area contributed by atoms with Crippen molar-refractivity contribution in [3.63, 3.8) is 0 Å². The van der Waals surface area contributed by atoms with Crippen molar-refractivity contribution in [3.8, 4) is 0 Å². The summed E-state index contributed by atoms with van der Waals surface area (Å²) in [6, 6.07) is -3.72. The average Bonchev–Trinajstić information content (AvgIpc) is 2.53. The van der Waals surface area contributed by atoms with Gasteiger partial charge in [-0.2, -0.15) is 25.3 Å². The van der Waals surface area contributed by atoms with Gasteiger partial charge in [0.2, 0.25) is 17.7 Å². The molecular formula is C12H22N4O6S2. The molecule has 12 heteroatoms. The number of thiol groups is 2. The Kier molecular flexibility index (Phi) is 10.4. The fourth-order valence-electron chi connectivity index (χ4n) is 1.56. The number of aliphatic carboxylic acids is 1. The molecule has 0 aromatic carbocycles. The zero-order chi connectivity index (χ0) is 18.9. The van der Waals surface area contributed by atoms with Crippen molar-refractivity contribution >= 4 is 48.9 Å². The van der Waals surface area contributed by atoms with E-state index >= 15 is 0 Å². The van der Waals surface area contributed by atoms with Gasteiger partial charge in [-0.3, -0.25) is 14.4 Å². The van der Waals surface area contributed by atoms with Crippen LogP contribution in [-0.2, 0) is 19.2 Å². The maximum absolute atomic E-state index is 12.1. The number of nitrogens with two attached hydrogens (primary N) is 1. The van der Waals surface area contributed by atoms with Crippen molar-refractivity contribution in [1.29, 1.82) is 0 Å². The smallest absolute Gasteiger partial charge is 0.328 e. The second-order valence-corrected chi connectivity index (χ2v) is 5.55. The van der Waals surface area contributed by atoms with Crippen LogP contribution in [0.25, 0.3) is 0 Å². The lowest BCUT2D eigenvalue weighted by Crippen LogP contribution is -2.58. The van der Waals surface area contributed by atoms with Crippen molar-refractivity contribution in [2.45, 2.75) is 31.2 Å². The van der Waals surface area contributed by atoms with Gasteiger partial charge in [0.1, 0.15) is 12.1 Å². The monoisotopic (exact) mass is 382 g/mol. The van der Waals surface area contributed by atoms with E-state index in [1.165, 1.54) is 6.92 Å². The summed E-state index contributed by atoms with van der Waals surface area (Å²) in [5, 5.41) is 25.0. The summed E-state index contributed by atoms with van der Waals surface area (Å²) in [6.07, 6.45) is -1.34. The molecule has 7 N–H and O–H groups in total. The first-order valence-corrected chi connectivity index (χ1v) is 8.17. The van der Waals surface area contributed by atoms with E-state index in [-0.39, 0.29) is 18.1 Å². The molecule has 0 rings (SSSR count). The molecule has 10 nitrogen and oxygen atoms in total. The van der Waals surface area contributed by atoms with Crippen LogP contribution < -0.4 is 21.7 Å². The average molecular weight is 382 g/mol. The minimum atomic E-state index is -1.53. The molecule has 4 atom stereocenters. The molecule has 0 aromatic heterocycles. The number of carbonyl (C=O) groups excluding carboxylic acids is 3. The molecular weight excluding hydrogens is 360 g/mol. The van der Waals surface area contributed by atoms with Crippen molar-refractivity contribution in [3.05, 3.63) is 0 Å². The highest BCUT2D eigenvalue weighted by molar-refractivity contribution is 7.80. The quantitative estimate of drug-likeness (QED) is 0.183.